The number of amides is 3. The molecule has 3 N–H and O–H groups in total. The zero-order chi connectivity index (χ0) is 18.0. The molecule has 1 aliphatic heterocycles. The Morgan fingerprint density at radius 2 is 1.76 bits per heavy atom. The Labute approximate surface area is 144 Å². The second-order valence-corrected chi connectivity index (χ2v) is 5.91. The maximum absolute atomic E-state index is 13.8. The second-order valence-electron chi connectivity index (χ2n) is 5.91. The van der Waals surface area contributed by atoms with Crippen molar-refractivity contribution in [3.05, 3.63) is 76.7 Å². The van der Waals surface area contributed by atoms with E-state index in [1.54, 1.807) is 19.1 Å². The number of hydrogen-bond donors (Lipinski definition) is 3. The van der Waals surface area contributed by atoms with Gasteiger partial charge in [-0.1, -0.05) is 42.0 Å². The molecule has 2 aromatic carbocycles. The number of nitrogens with one attached hydrogen (secondary N) is 3. The first kappa shape index (κ1) is 16.7. The van der Waals surface area contributed by atoms with Crippen molar-refractivity contribution in [3.63, 3.8) is 0 Å². The van der Waals surface area contributed by atoms with Crippen LogP contribution in [-0.2, 0) is 4.79 Å². The van der Waals surface area contributed by atoms with E-state index in [1.165, 1.54) is 12.1 Å². The summed E-state index contributed by atoms with van der Waals surface area (Å²) in [5.41, 5.74) is 2.71. The summed E-state index contributed by atoms with van der Waals surface area (Å²) in [6.45, 7) is 3.61. The number of aryl methyl sites for hydroxylation is 1. The third kappa shape index (κ3) is 3.52. The van der Waals surface area contributed by atoms with Crippen molar-refractivity contribution in [1.29, 1.82) is 0 Å². The van der Waals surface area contributed by atoms with Crippen LogP contribution in [0.15, 0.2) is 59.8 Å². The summed E-state index contributed by atoms with van der Waals surface area (Å²) in [6.07, 6.45) is 0. The zero-order valence-electron chi connectivity index (χ0n) is 13.9. The van der Waals surface area contributed by atoms with Crippen molar-refractivity contribution in [1.82, 2.24) is 10.6 Å². The van der Waals surface area contributed by atoms with Crippen LogP contribution >= 0.6 is 0 Å². The minimum absolute atomic E-state index is 0.0901. The fraction of sp³-hybridized carbons (Fsp3) is 0.158. The number of benzene rings is 2. The van der Waals surface area contributed by atoms with E-state index in [9.17, 15) is 14.0 Å². The van der Waals surface area contributed by atoms with Crippen LogP contribution in [0.5, 0.6) is 0 Å². The van der Waals surface area contributed by atoms with E-state index in [0.29, 0.717) is 11.3 Å². The molecule has 0 saturated carbocycles. The Balaban J connectivity index is 1.96. The van der Waals surface area contributed by atoms with Gasteiger partial charge >= 0.3 is 6.03 Å². The number of anilines is 1. The largest absolute Gasteiger partial charge is 0.327 e. The minimum atomic E-state index is -0.610. The topological polar surface area (TPSA) is 70.2 Å². The quantitative estimate of drug-likeness (QED) is 0.802. The summed E-state index contributed by atoms with van der Waals surface area (Å²) in [5.74, 6) is -0.991. The normalized spacial score (nSPS) is 16.9. The molecule has 128 valence electrons. The molecule has 1 heterocycles. The van der Waals surface area contributed by atoms with E-state index < -0.39 is 17.8 Å². The van der Waals surface area contributed by atoms with Crippen LogP contribution in [0, 0.1) is 12.7 Å². The van der Waals surface area contributed by atoms with Crippen LogP contribution in [-0.4, -0.2) is 11.9 Å². The molecule has 0 aliphatic carbocycles. The molecule has 0 saturated heterocycles. The molecule has 2 aromatic rings. The van der Waals surface area contributed by atoms with Gasteiger partial charge in [-0.15, -0.1) is 0 Å². The number of rotatable bonds is 3. The van der Waals surface area contributed by atoms with Gasteiger partial charge in [-0.25, -0.2) is 9.18 Å². The van der Waals surface area contributed by atoms with Gasteiger partial charge in [-0.2, -0.15) is 0 Å². The molecule has 0 unspecified atom stereocenters. The van der Waals surface area contributed by atoms with Gasteiger partial charge in [-0.3, -0.25) is 4.79 Å². The van der Waals surface area contributed by atoms with E-state index in [1.807, 2.05) is 31.2 Å². The number of hydrogen-bond acceptors (Lipinski definition) is 2. The number of para-hydroxylation sites is 1. The van der Waals surface area contributed by atoms with Crippen LogP contribution in [0.2, 0.25) is 0 Å². The van der Waals surface area contributed by atoms with Crippen molar-refractivity contribution in [3.8, 4) is 0 Å². The standard InChI is InChI=1S/C19H18FN3O2/c1-11-7-9-13(10-8-11)17-16(12(2)21-19(25)23-17)18(24)22-15-6-4-3-5-14(15)20/h3-10,17H,1-2H3,(H,22,24)(H2,21,23,25)/t17-/m1/s1. The van der Waals surface area contributed by atoms with Crippen LogP contribution in [0.4, 0.5) is 14.9 Å². The third-order valence-electron chi connectivity index (χ3n) is 4.05. The lowest BCUT2D eigenvalue weighted by molar-refractivity contribution is -0.113. The zero-order valence-corrected chi connectivity index (χ0v) is 13.9. The SMILES string of the molecule is CC1=C(C(=O)Nc2ccccc2F)[C@@H](c2ccc(C)cc2)NC(=O)N1. The minimum Gasteiger partial charge on any atom is -0.327 e. The van der Waals surface area contributed by atoms with E-state index in [0.717, 1.165) is 11.1 Å². The molecule has 0 spiro atoms. The molecular weight excluding hydrogens is 321 g/mol. The highest BCUT2D eigenvalue weighted by Crippen LogP contribution is 2.28. The Bertz CT molecular complexity index is 859. The van der Waals surface area contributed by atoms with Gasteiger partial charge in [-0.05, 0) is 31.5 Å². The van der Waals surface area contributed by atoms with Gasteiger partial charge < -0.3 is 16.0 Å². The van der Waals surface area contributed by atoms with Crippen molar-refractivity contribution >= 4 is 17.6 Å². The molecule has 0 radical (unpaired) electrons. The van der Waals surface area contributed by atoms with Gasteiger partial charge in [0.2, 0.25) is 0 Å². The van der Waals surface area contributed by atoms with E-state index in [4.69, 9.17) is 0 Å². The van der Waals surface area contributed by atoms with Crippen LogP contribution < -0.4 is 16.0 Å². The average molecular weight is 339 g/mol. The molecule has 0 bridgehead atoms. The molecular formula is C19H18FN3O2. The number of allylic oxidation sites excluding steroid dienone is 1. The fourth-order valence-corrected chi connectivity index (χ4v) is 2.76. The van der Waals surface area contributed by atoms with Crippen LogP contribution in [0.3, 0.4) is 0 Å². The monoisotopic (exact) mass is 339 g/mol. The first-order chi connectivity index (χ1) is 12.0. The lowest BCUT2D eigenvalue weighted by Crippen LogP contribution is -2.46. The summed E-state index contributed by atoms with van der Waals surface area (Å²) in [5, 5.41) is 7.92. The van der Waals surface area contributed by atoms with Gasteiger partial charge in [0, 0.05) is 5.70 Å². The summed E-state index contributed by atoms with van der Waals surface area (Å²) in [4.78, 5) is 24.6. The molecule has 1 aliphatic rings. The number of halogens is 1. The molecule has 0 fully saturated rings. The predicted molar refractivity (Wildman–Crippen MR) is 93.3 cm³/mol. The van der Waals surface area contributed by atoms with Gasteiger partial charge in [0.1, 0.15) is 5.82 Å². The second kappa shape index (κ2) is 6.76. The van der Waals surface area contributed by atoms with Crippen molar-refractivity contribution in [2.45, 2.75) is 19.9 Å². The first-order valence-electron chi connectivity index (χ1n) is 7.86. The van der Waals surface area contributed by atoms with Crippen molar-refractivity contribution in [2.75, 3.05) is 5.32 Å². The highest BCUT2D eigenvalue weighted by molar-refractivity contribution is 6.06. The van der Waals surface area contributed by atoms with Gasteiger partial charge in [0.25, 0.3) is 5.91 Å². The number of urea groups is 1. The Kier molecular flexibility index (Phi) is 4.52. The summed E-state index contributed by atoms with van der Waals surface area (Å²) in [7, 11) is 0. The smallest absolute Gasteiger partial charge is 0.319 e. The van der Waals surface area contributed by atoms with Crippen molar-refractivity contribution in [2.24, 2.45) is 0 Å². The predicted octanol–water partition coefficient (Wildman–Crippen LogP) is 3.40. The first-order valence-corrected chi connectivity index (χ1v) is 7.86. The molecule has 3 rings (SSSR count). The highest BCUT2D eigenvalue weighted by Gasteiger charge is 2.31. The van der Waals surface area contributed by atoms with E-state index in [2.05, 4.69) is 16.0 Å². The Morgan fingerprint density at radius 1 is 1.08 bits per heavy atom. The third-order valence-corrected chi connectivity index (χ3v) is 4.05. The maximum atomic E-state index is 13.8. The summed E-state index contributed by atoms with van der Waals surface area (Å²) in [6, 6.07) is 12.5. The molecule has 1 atom stereocenters. The lowest BCUT2D eigenvalue weighted by atomic mass is 9.94. The summed E-state index contributed by atoms with van der Waals surface area (Å²) >= 11 is 0. The number of carbonyl (C=O) groups is 2. The highest BCUT2D eigenvalue weighted by atomic mass is 19.1. The average Bonchev–Trinajstić information content (AvgIpc) is 2.57. The van der Waals surface area contributed by atoms with Crippen molar-refractivity contribution < 1.29 is 14.0 Å². The molecule has 5 nitrogen and oxygen atoms in total. The van der Waals surface area contributed by atoms with E-state index in [-0.39, 0.29) is 11.7 Å². The lowest BCUT2D eigenvalue weighted by Gasteiger charge is -2.28. The van der Waals surface area contributed by atoms with Gasteiger partial charge in [0.05, 0.1) is 17.3 Å². The molecule has 3 amide bonds. The maximum Gasteiger partial charge on any atom is 0.319 e. The Hall–Kier alpha value is -3.15. The Morgan fingerprint density at radius 3 is 2.44 bits per heavy atom. The fourth-order valence-electron chi connectivity index (χ4n) is 2.76. The van der Waals surface area contributed by atoms with E-state index >= 15 is 0 Å². The van der Waals surface area contributed by atoms with Gasteiger partial charge in [0.15, 0.2) is 0 Å². The molecule has 6 heteroatoms. The molecule has 0 aromatic heterocycles. The summed E-state index contributed by atoms with van der Waals surface area (Å²) < 4.78 is 13.8. The molecule has 25 heavy (non-hydrogen) atoms. The van der Waals surface area contributed by atoms with Crippen LogP contribution in [0.1, 0.15) is 24.1 Å². The number of carbonyl (C=O) groups excluding carboxylic acids is 2. The van der Waals surface area contributed by atoms with Crippen LogP contribution in [0.25, 0.3) is 0 Å².